The number of aromatic nitrogens is 2. The van der Waals surface area contributed by atoms with Crippen LogP contribution >= 0.6 is 15.9 Å². The van der Waals surface area contributed by atoms with Gasteiger partial charge in [-0.2, -0.15) is 0 Å². The predicted molar refractivity (Wildman–Crippen MR) is 76.3 cm³/mol. The van der Waals surface area contributed by atoms with Crippen molar-refractivity contribution in [1.29, 1.82) is 0 Å². The Morgan fingerprint density at radius 3 is 2.95 bits per heavy atom. The van der Waals surface area contributed by atoms with E-state index in [2.05, 4.69) is 20.9 Å². The van der Waals surface area contributed by atoms with Gasteiger partial charge in [0.1, 0.15) is 12.3 Å². The van der Waals surface area contributed by atoms with E-state index < -0.39 is 0 Å². The molecule has 0 unspecified atom stereocenters. The third-order valence-corrected chi connectivity index (χ3v) is 3.95. The molecule has 1 aliphatic carbocycles. The first kappa shape index (κ1) is 13.3. The van der Waals surface area contributed by atoms with Crippen LogP contribution in [0.25, 0.3) is 5.65 Å². The summed E-state index contributed by atoms with van der Waals surface area (Å²) in [5.41, 5.74) is 0.825. The number of ether oxygens (including phenoxy) is 1. The fraction of sp³-hybridized carbons (Fsp3) is 0.357. The van der Waals surface area contributed by atoms with Crippen LogP contribution in [0, 0.1) is 5.92 Å². The van der Waals surface area contributed by atoms with Gasteiger partial charge in [-0.05, 0) is 40.9 Å². The van der Waals surface area contributed by atoms with Crippen molar-refractivity contribution in [3.05, 3.63) is 44.9 Å². The van der Waals surface area contributed by atoms with E-state index >= 15 is 0 Å². The number of rotatable bonds is 3. The average molecular weight is 337 g/mol. The number of pyridine rings is 1. The molecule has 2 heterocycles. The molecule has 20 heavy (non-hydrogen) atoms. The average Bonchev–Trinajstić information content (AvgIpc) is 2.35. The third-order valence-electron chi connectivity index (χ3n) is 3.48. The van der Waals surface area contributed by atoms with Gasteiger partial charge in [-0.25, -0.2) is 4.98 Å². The van der Waals surface area contributed by atoms with Gasteiger partial charge >= 0.3 is 5.97 Å². The van der Waals surface area contributed by atoms with Crippen LogP contribution in [0.1, 0.15) is 25.0 Å². The van der Waals surface area contributed by atoms with Gasteiger partial charge in [-0.3, -0.25) is 14.0 Å². The summed E-state index contributed by atoms with van der Waals surface area (Å²) in [4.78, 5) is 27.9. The van der Waals surface area contributed by atoms with E-state index in [1.54, 1.807) is 12.3 Å². The number of hydrogen-bond donors (Lipinski definition) is 0. The summed E-state index contributed by atoms with van der Waals surface area (Å²) < 4.78 is 7.45. The van der Waals surface area contributed by atoms with Crippen LogP contribution in [0.15, 0.2) is 33.7 Å². The molecule has 1 fully saturated rings. The number of esters is 1. The van der Waals surface area contributed by atoms with Crippen molar-refractivity contribution in [2.45, 2.75) is 25.9 Å². The number of carbonyl (C=O) groups is 1. The van der Waals surface area contributed by atoms with Crippen molar-refractivity contribution in [1.82, 2.24) is 9.38 Å². The normalized spacial score (nSPS) is 15.1. The molecule has 0 N–H and O–H groups in total. The molecule has 104 valence electrons. The molecule has 0 saturated heterocycles. The molecule has 2 aromatic heterocycles. The smallest absolute Gasteiger partial charge is 0.309 e. The van der Waals surface area contributed by atoms with E-state index in [-0.39, 0.29) is 24.1 Å². The first-order chi connectivity index (χ1) is 9.63. The number of hydrogen-bond acceptors (Lipinski definition) is 4. The Balaban J connectivity index is 1.80. The summed E-state index contributed by atoms with van der Waals surface area (Å²) >= 11 is 3.31. The molecule has 1 saturated carbocycles. The van der Waals surface area contributed by atoms with E-state index in [4.69, 9.17) is 4.74 Å². The van der Waals surface area contributed by atoms with Gasteiger partial charge in [0, 0.05) is 16.7 Å². The minimum atomic E-state index is -0.189. The second kappa shape index (κ2) is 5.36. The summed E-state index contributed by atoms with van der Waals surface area (Å²) in [6.07, 6.45) is 4.56. The Labute approximate surface area is 123 Å². The SMILES string of the molecule is O=C(OCc1cc(=O)n2cc(Br)ccc2n1)C1CCC1. The quantitative estimate of drug-likeness (QED) is 0.807. The van der Waals surface area contributed by atoms with E-state index in [0.717, 1.165) is 23.7 Å². The summed E-state index contributed by atoms with van der Waals surface area (Å²) in [7, 11) is 0. The molecule has 5 nitrogen and oxygen atoms in total. The molecule has 0 atom stereocenters. The van der Waals surface area contributed by atoms with Gasteiger partial charge in [0.05, 0.1) is 11.6 Å². The molecule has 0 amide bonds. The fourth-order valence-corrected chi connectivity index (χ4v) is 2.44. The molecule has 2 aromatic rings. The standard InChI is InChI=1S/C14H13BrN2O3/c15-10-4-5-12-16-11(6-13(18)17(12)7-10)8-20-14(19)9-2-1-3-9/h4-7,9H,1-3,8H2. The zero-order chi connectivity index (χ0) is 14.1. The summed E-state index contributed by atoms with van der Waals surface area (Å²) in [5, 5.41) is 0. The van der Waals surface area contributed by atoms with Crippen LogP contribution in [0.5, 0.6) is 0 Å². The van der Waals surface area contributed by atoms with Crippen LogP contribution in [0.2, 0.25) is 0 Å². The van der Waals surface area contributed by atoms with E-state index in [9.17, 15) is 9.59 Å². The highest BCUT2D eigenvalue weighted by molar-refractivity contribution is 9.10. The van der Waals surface area contributed by atoms with E-state index in [0.29, 0.717) is 11.3 Å². The van der Waals surface area contributed by atoms with E-state index in [1.807, 2.05) is 6.07 Å². The van der Waals surface area contributed by atoms with Crippen LogP contribution in [0.4, 0.5) is 0 Å². The van der Waals surface area contributed by atoms with Crippen LogP contribution < -0.4 is 5.56 Å². The zero-order valence-corrected chi connectivity index (χ0v) is 12.3. The van der Waals surface area contributed by atoms with Gasteiger partial charge in [-0.1, -0.05) is 6.42 Å². The molecule has 1 aliphatic rings. The molecule has 0 bridgehead atoms. The molecular formula is C14H13BrN2O3. The number of nitrogens with zero attached hydrogens (tertiary/aromatic N) is 2. The van der Waals surface area contributed by atoms with Gasteiger partial charge in [0.25, 0.3) is 5.56 Å². The van der Waals surface area contributed by atoms with Crippen molar-refractivity contribution < 1.29 is 9.53 Å². The maximum absolute atomic E-state index is 12.0. The third kappa shape index (κ3) is 2.60. The lowest BCUT2D eigenvalue weighted by molar-refractivity contribution is -0.152. The molecule has 3 rings (SSSR count). The lowest BCUT2D eigenvalue weighted by Gasteiger charge is -2.22. The van der Waals surface area contributed by atoms with Crippen molar-refractivity contribution in [3.63, 3.8) is 0 Å². The Bertz CT molecular complexity index is 722. The van der Waals surface area contributed by atoms with Crippen molar-refractivity contribution in [3.8, 4) is 0 Å². The number of carbonyl (C=O) groups excluding carboxylic acids is 1. The Morgan fingerprint density at radius 1 is 1.45 bits per heavy atom. The number of halogens is 1. The Kier molecular flexibility index (Phi) is 3.56. The zero-order valence-electron chi connectivity index (χ0n) is 10.7. The largest absolute Gasteiger partial charge is 0.459 e. The van der Waals surface area contributed by atoms with Crippen molar-refractivity contribution in [2.75, 3.05) is 0 Å². The maximum Gasteiger partial charge on any atom is 0.309 e. The van der Waals surface area contributed by atoms with E-state index in [1.165, 1.54) is 10.5 Å². The fourth-order valence-electron chi connectivity index (χ4n) is 2.11. The van der Waals surface area contributed by atoms with Crippen molar-refractivity contribution >= 4 is 27.5 Å². The van der Waals surface area contributed by atoms with Gasteiger partial charge in [-0.15, -0.1) is 0 Å². The first-order valence-corrected chi connectivity index (χ1v) is 7.27. The Morgan fingerprint density at radius 2 is 2.25 bits per heavy atom. The summed E-state index contributed by atoms with van der Waals surface area (Å²) in [6.45, 7) is 0.0527. The van der Waals surface area contributed by atoms with Gasteiger partial charge in [0.15, 0.2) is 0 Å². The molecular weight excluding hydrogens is 324 g/mol. The Hall–Kier alpha value is -1.69. The second-order valence-electron chi connectivity index (χ2n) is 4.90. The molecule has 0 aromatic carbocycles. The van der Waals surface area contributed by atoms with Crippen LogP contribution in [-0.2, 0) is 16.1 Å². The highest BCUT2D eigenvalue weighted by atomic mass is 79.9. The van der Waals surface area contributed by atoms with Crippen molar-refractivity contribution in [2.24, 2.45) is 5.92 Å². The first-order valence-electron chi connectivity index (χ1n) is 6.48. The number of fused-ring (bicyclic) bond motifs is 1. The lowest BCUT2D eigenvalue weighted by atomic mass is 9.86. The monoisotopic (exact) mass is 336 g/mol. The molecule has 0 radical (unpaired) electrons. The maximum atomic E-state index is 12.0. The highest BCUT2D eigenvalue weighted by Gasteiger charge is 2.26. The topological polar surface area (TPSA) is 60.7 Å². The van der Waals surface area contributed by atoms with Gasteiger partial charge < -0.3 is 4.74 Å². The molecule has 6 heteroatoms. The minimum Gasteiger partial charge on any atom is -0.459 e. The summed E-state index contributed by atoms with van der Waals surface area (Å²) in [6, 6.07) is 4.95. The highest BCUT2D eigenvalue weighted by Crippen LogP contribution is 2.27. The minimum absolute atomic E-state index is 0.0347. The molecule has 0 aliphatic heterocycles. The molecule has 0 spiro atoms. The lowest BCUT2D eigenvalue weighted by Crippen LogP contribution is -2.24. The second-order valence-corrected chi connectivity index (χ2v) is 5.81. The van der Waals surface area contributed by atoms with Gasteiger partial charge in [0.2, 0.25) is 0 Å². The van der Waals surface area contributed by atoms with Crippen LogP contribution in [0.3, 0.4) is 0 Å². The predicted octanol–water partition coefficient (Wildman–Crippen LogP) is 2.30. The van der Waals surface area contributed by atoms with Crippen LogP contribution in [-0.4, -0.2) is 15.4 Å². The summed E-state index contributed by atoms with van der Waals surface area (Å²) in [5.74, 6) is -0.151.